The first-order chi connectivity index (χ1) is 9.66. The summed E-state index contributed by atoms with van der Waals surface area (Å²) < 4.78 is 1.05. The van der Waals surface area contributed by atoms with Gasteiger partial charge in [0.25, 0.3) is 0 Å². The highest BCUT2D eigenvalue weighted by molar-refractivity contribution is 9.10. The van der Waals surface area contributed by atoms with Crippen molar-refractivity contribution in [3.05, 3.63) is 57.8 Å². The zero-order valence-electron chi connectivity index (χ0n) is 10.7. The smallest absolute Gasteiger partial charge is 0.157 e. The average Bonchev–Trinajstić information content (AvgIpc) is 2.45. The molecule has 0 aliphatic heterocycles. The van der Waals surface area contributed by atoms with Crippen LogP contribution in [0.2, 0.25) is 5.02 Å². The van der Waals surface area contributed by atoms with Crippen LogP contribution in [0, 0.1) is 6.92 Å². The number of hydrogen-bond acceptors (Lipinski definition) is 3. The molecule has 0 saturated carbocycles. The van der Waals surface area contributed by atoms with E-state index >= 15 is 0 Å². The van der Waals surface area contributed by atoms with Crippen LogP contribution in [0.15, 0.2) is 47.2 Å². The standard InChI is InChI=1S/C15H11BrClN3/c1-9-11(16)3-2-4-13(9)20-15-14-10(5-7-19-15)12(17)6-8-18-14/h2-8H,1H3,(H,19,20). The van der Waals surface area contributed by atoms with Gasteiger partial charge in [0.15, 0.2) is 5.82 Å². The summed E-state index contributed by atoms with van der Waals surface area (Å²) in [7, 11) is 0. The third-order valence-corrected chi connectivity index (χ3v) is 4.32. The lowest BCUT2D eigenvalue weighted by Gasteiger charge is -2.11. The third kappa shape index (κ3) is 2.37. The first kappa shape index (κ1) is 13.3. The van der Waals surface area contributed by atoms with Crippen LogP contribution in [0.3, 0.4) is 0 Å². The molecule has 3 aromatic rings. The fourth-order valence-corrected chi connectivity index (χ4v) is 2.58. The van der Waals surface area contributed by atoms with E-state index in [1.165, 1.54) is 0 Å². The number of anilines is 2. The van der Waals surface area contributed by atoms with Crippen molar-refractivity contribution < 1.29 is 0 Å². The van der Waals surface area contributed by atoms with E-state index in [0.29, 0.717) is 10.8 Å². The highest BCUT2D eigenvalue weighted by Gasteiger charge is 2.08. The molecule has 0 radical (unpaired) electrons. The Morgan fingerprint density at radius 3 is 2.75 bits per heavy atom. The predicted octanol–water partition coefficient (Wildman–Crippen LogP) is 5.10. The molecule has 2 heterocycles. The van der Waals surface area contributed by atoms with Gasteiger partial charge in [-0.05, 0) is 36.8 Å². The summed E-state index contributed by atoms with van der Waals surface area (Å²) in [6.45, 7) is 2.04. The topological polar surface area (TPSA) is 37.8 Å². The summed E-state index contributed by atoms with van der Waals surface area (Å²) in [4.78, 5) is 8.74. The zero-order chi connectivity index (χ0) is 14.1. The fraction of sp³-hybridized carbons (Fsp3) is 0.0667. The van der Waals surface area contributed by atoms with Crippen LogP contribution in [0.5, 0.6) is 0 Å². The van der Waals surface area contributed by atoms with Gasteiger partial charge in [-0.15, -0.1) is 0 Å². The van der Waals surface area contributed by atoms with Gasteiger partial charge in [-0.1, -0.05) is 33.6 Å². The molecule has 0 aliphatic rings. The van der Waals surface area contributed by atoms with Gasteiger partial charge in [0.1, 0.15) is 5.52 Å². The Kier molecular flexibility index (Phi) is 3.59. The van der Waals surface area contributed by atoms with E-state index in [2.05, 4.69) is 31.2 Å². The Morgan fingerprint density at radius 2 is 1.90 bits per heavy atom. The third-order valence-electron chi connectivity index (χ3n) is 3.13. The summed E-state index contributed by atoms with van der Waals surface area (Å²) in [5.41, 5.74) is 2.87. The van der Waals surface area contributed by atoms with Crippen molar-refractivity contribution in [1.29, 1.82) is 0 Å². The zero-order valence-corrected chi connectivity index (χ0v) is 13.0. The van der Waals surface area contributed by atoms with Crippen molar-refractivity contribution in [2.45, 2.75) is 6.92 Å². The number of aromatic nitrogens is 2. The molecule has 20 heavy (non-hydrogen) atoms. The first-order valence-electron chi connectivity index (χ1n) is 6.08. The molecule has 1 N–H and O–H groups in total. The van der Waals surface area contributed by atoms with E-state index in [0.717, 1.165) is 26.6 Å². The van der Waals surface area contributed by atoms with Gasteiger partial charge in [0.05, 0.1) is 5.02 Å². The maximum atomic E-state index is 6.19. The first-order valence-corrected chi connectivity index (χ1v) is 7.25. The lowest BCUT2D eigenvalue weighted by molar-refractivity contribution is 1.28. The van der Waals surface area contributed by atoms with Crippen LogP contribution in [-0.4, -0.2) is 9.97 Å². The quantitative estimate of drug-likeness (QED) is 0.700. The minimum atomic E-state index is 0.673. The van der Waals surface area contributed by atoms with Crippen molar-refractivity contribution in [3.63, 3.8) is 0 Å². The molecule has 5 heteroatoms. The van der Waals surface area contributed by atoms with E-state index in [1.54, 1.807) is 18.5 Å². The summed E-state index contributed by atoms with van der Waals surface area (Å²) in [6, 6.07) is 9.63. The van der Waals surface area contributed by atoms with Crippen LogP contribution in [-0.2, 0) is 0 Å². The molecule has 0 bridgehead atoms. The fourth-order valence-electron chi connectivity index (χ4n) is 2.01. The Hall–Kier alpha value is -1.65. The Bertz CT molecular complexity index is 789. The molecule has 1 aromatic carbocycles. The second-order valence-corrected chi connectivity index (χ2v) is 5.65. The number of halogens is 2. The number of pyridine rings is 2. The molecule has 0 spiro atoms. The van der Waals surface area contributed by atoms with Gasteiger partial charge >= 0.3 is 0 Å². The highest BCUT2D eigenvalue weighted by atomic mass is 79.9. The molecular weight excluding hydrogens is 338 g/mol. The number of fused-ring (bicyclic) bond motifs is 1. The van der Waals surface area contributed by atoms with E-state index < -0.39 is 0 Å². The minimum absolute atomic E-state index is 0.673. The number of nitrogens with zero attached hydrogens (tertiary/aromatic N) is 2. The van der Waals surface area contributed by atoms with Crippen LogP contribution in [0.4, 0.5) is 11.5 Å². The Morgan fingerprint density at radius 1 is 1.10 bits per heavy atom. The molecule has 0 saturated heterocycles. The Balaban J connectivity index is 2.12. The summed E-state index contributed by atoms with van der Waals surface area (Å²) in [5, 5.41) is 4.88. The van der Waals surface area contributed by atoms with E-state index in [9.17, 15) is 0 Å². The average molecular weight is 349 g/mol. The van der Waals surface area contributed by atoms with Gasteiger partial charge in [0.2, 0.25) is 0 Å². The van der Waals surface area contributed by atoms with Crippen LogP contribution in [0.25, 0.3) is 10.9 Å². The van der Waals surface area contributed by atoms with Crippen LogP contribution >= 0.6 is 27.5 Å². The minimum Gasteiger partial charge on any atom is -0.338 e. The predicted molar refractivity (Wildman–Crippen MR) is 86.7 cm³/mol. The molecule has 0 amide bonds. The number of hydrogen-bond donors (Lipinski definition) is 1. The van der Waals surface area contributed by atoms with Gasteiger partial charge in [0, 0.05) is 27.9 Å². The number of nitrogens with one attached hydrogen (secondary N) is 1. The second kappa shape index (κ2) is 5.38. The van der Waals surface area contributed by atoms with Crippen molar-refractivity contribution in [2.24, 2.45) is 0 Å². The van der Waals surface area contributed by atoms with Crippen LogP contribution in [0.1, 0.15) is 5.56 Å². The SMILES string of the molecule is Cc1c(Br)cccc1Nc1nccc2c(Cl)ccnc12. The highest BCUT2D eigenvalue weighted by Crippen LogP contribution is 2.30. The molecule has 0 atom stereocenters. The van der Waals surface area contributed by atoms with Gasteiger partial charge in [-0.25, -0.2) is 4.98 Å². The Labute approximate surface area is 130 Å². The molecule has 3 nitrogen and oxygen atoms in total. The molecule has 0 fully saturated rings. The number of benzene rings is 1. The van der Waals surface area contributed by atoms with Crippen LogP contribution < -0.4 is 5.32 Å². The summed E-state index contributed by atoms with van der Waals surface area (Å²) in [5.74, 6) is 0.700. The van der Waals surface area contributed by atoms with Gasteiger partial charge in [-0.2, -0.15) is 0 Å². The largest absolute Gasteiger partial charge is 0.338 e. The van der Waals surface area contributed by atoms with E-state index in [4.69, 9.17) is 11.6 Å². The summed E-state index contributed by atoms with van der Waals surface area (Å²) >= 11 is 9.71. The summed E-state index contributed by atoms with van der Waals surface area (Å²) in [6.07, 6.45) is 3.41. The lowest BCUT2D eigenvalue weighted by Crippen LogP contribution is -1.98. The van der Waals surface area contributed by atoms with Crippen molar-refractivity contribution in [2.75, 3.05) is 5.32 Å². The maximum Gasteiger partial charge on any atom is 0.157 e. The second-order valence-electron chi connectivity index (χ2n) is 4.39. The molecule has 0 unspecified atom stereocenters. The van der Waals surface area contributed by atoms with Crippen molar-refractivity contribution in [3.8, 4) is 0 Å². The molecule has 3 rings (SSSR count). The maximum absolute atomic E-state index is 6.19. The molecule has 100 valence electrons. The van der Waals surface area contributed by atoms with E-state index in [-0.39, 0.29) is 0 Å². The lowest BCUT2D eigenvalue weighted by atomic mass is 10.2. The molecule has 0 aliphatic carbocycles. The van der Waals surface area contributed by atoms with Gasteiger partial charge < -0.3 is 5.32 Å². The van der Waals surface area contributed by atoms with Gasteiger partial charge in [-0.3, -0.25) is 4.98 Å². The van der Waals surface area contributed by atoms with Crippen molar-refractivity contribution >= 4 is 49.9 Å². The molecule has 2 aromatic heterocycles. The molecular formula is C15H11BrClN3. The van der Waals surface area contributed by atoms with Crippen molar-refractivity contribution in [1.82, 2.24) is 9.97 Å². The monoisotopic (exact) mass is 347 g/mol. The normalized spacial score (nSPS) is 10.8. The van der Waals surface area contributed by atoms with E-state index in [1.807, 2.05) is 31.2 Å². The number of rotatable bonds is 2.